The summed E-state index contributed by atoms with van der Waals surface area (Å²) in [4.78, 5) is 23.3. The fraction of sp³-hybridized carbons (Fsp3) is 0.333. The van der Waals surface area contributed by atoms with Gasteiger partial charge in [-0.15, -0.1) is 0 Å². The van der Waals surface area contributed by atoms with Crippen molar-refractivity contribution in [1.29, 1.82) is 0 Å². The van der Waals surface area contributed by atoms with E-state index in [0.717, 1.165) is 17.7 Å². The number of amides is 1. The molecule has 1 aliphatic rings. The zero-order valence-corrected chi connectivity index (χ0v) is 14.7. The Morgan fingerprint density at radius 3 is 2.88 bits per heavy atom. The summed E-state index contributed by atoms with van der Waals surface area (Å²) in [5.74, 6) is 0.828. The lowest BCUT2D eigenvalue weighted by molar-refractivity contribution is 0.0696. The summed E-state index contributed by atoms with van der Waals surface area (Å²) in [5.41, 5.74) is 2.23. The average molecular weight is 352 g/mol. The zero-order valence-electron chi connectivity index (χ0n) is 14.7. The van der Waals surface area contributed by atoms with Gasteiger partial charge < -0.3 is 14.6 Å². The number of oxazole rings is 1. The van der Waals surface area contributed by atoms with Crippen molar-refractivity contribution in [1.82, 2.24) is 30.0 Å². The van der Waals surface area contributed by atoms with E-state index < -0.39 is 0 Å². The highest BCUT2D eigenvalue weighted by molar-refractivity contribution is 5.93. The molecule has 0 aromatic carbocycles. The topological polar surface area (TPSA) is 89.1 Å². The molecule has 1 saturated heterocycles. The van der Waals surface area contributed by atoms with Gasteiger partial charge in [-0.3, -0.25) is 14.5 Å². The maximum atomic E-state index is 13.0. The molecule has 4 heterocycles. The van der Waals surface area contributed by atoms with Crippen molar-refractivity contribution < 1.29 is 9.21 Å². The zero-order chi connectivity index (χ0) is 18.1. The number of carbonyl (C=O) groups excluding carboxylic acids is 1. The number of nitrogens with one attached hydrogen (secondary N) is 1. The summed E-state index contributed by atoms with van der Waals surface area (Å²) >= 11 is 0. The normalized spacial score (nSPS) is 17.5. The minimum Gasteiger partial charge on any atom is -0.440 e. The van der Waals surface area contributed by atoms with E-state index in [0.29, 0.717) is 30.4 Å². The van der Waals surface area contributed by atoms with Crippen molar-refractivity contribution in [2.75, 3.05) is 19.6 Å². The van der Waals surface area contributed by atoms with E-state index in [9.17, 15) is 4.79 Å². The monoisotopic (exact) mass is 352 g/mol. The summed E-state index contributed by atoms with van der Waals surface area (Å²) in [5, 5.41) is 7.56. The second-order valence-corrected chi connectivity index (χ2v) is 6.36. The number of rotatable bonds is 3. The first kappa shape index (κ1) is 16.5. The third-order valence-electron chi connectivity index (χ3n) is 4.52. The van der Waals surface area contributed by atoms with Gasteiger partial charge in [0.25, 0.3) is 5.91 Å². The van der Waals surface area contributed by atoms with Crippen LogP contribution in [-0.2, 0) is 7.05 Å². The number of carbonyl (C=O) groups is 1. The van der Waals surface area contributed by atoms with Crippen molar-refractivity contribution in [3.8, 4) is 11.5 Å². The summed E-state index contributed by atoms with van der Waals surface area (Å²) in [6, 6.07) is 4.02. The number of aryl methyl sites for hydroxylation is 2. The predicted octanol–water partition coefficient (Wildman–Crippen LogP) is 1.57. The third-order valence-corrected chi connectivity index (χ3v) is 4.52. The first-order chi connectivity index (χ1) is 12.6. The smallest absolute Gasteiger partial charge is 0.276 e. The third kappa shape index (κ3) is 3.11. The van der Waals surface area contributed by atoms with Crippen LogP contribution in [0.15, 0.2) is 41.3 Å². The Kier molecular flexibility index (Phi) is 4.26. The van der Waals surface area contributed by atoms with Crippen LogP contribution >= 0.6 is 0 Å². The molecule has 1 unspecified atom stereocenters. The van der Waals surface area contributed by atoms with Gasteiger partial charge >= 0.3 is 0 Å². The van der Waals surface area contributed by atoms with E-state index >= 15 is 0 Å². The minimum atomic E-state index is -0.109. The van der Waals surface area contributed by atoms with Gasteiger partial charge in [-0.1, -0.05) is 0 Å². The quantitative estimate of drug-likeness (QED) is 0.770. The molecule has 3 aromatic heterocycles. The van der Waals surface area contributed by atoms with Crippen LogP contribution in [0.5, 0.6) is 0 Å². The molecule has 8 heteroatoms. The van der Waals surface area contributed by atoms with Crippen LogP contribution in [0.25, 0.3) is 11.5 Å². The number of aromatic nitrogens is 4. The summed E-state index contributed by atoms with van der Waals surface area (Å²) in [7, 11) is 1.82. The second-order valence-electron chi connectivity index (χ2n) is 6.36. The summed E-state index contributed by atoms with van der Waals surface area (Å²) in [6.45, 7) is 3.71. The van der Waals surface area contributed by atoms with Crippen molar-refractivity contribution in [3.63, 3.8) is 0 Å². The number of hydrogen-bond acceptors (Lipinski definition) is 6. The molecule has 1 amide bonds. The largest absolute Gasteiger partial charge is 0.440 e. The van der Waals surface area contributed by atoms with Crippen LogP contribution in [0.4, 0.5) is 0 Å². The van der Waals surface area contributed by atoms with Gasteiger partial charge in [0, 0.05) is 45.3 Å². The number of nitrogens with zero attached hydrogens (tertiary/aromatic N) is 5. The molecule has 3 aromatic rings. The van der Waals surface area contributed by atoms with E-state index in [4.69, 9.17) is 4.42 Å². The van der Waals surface area contributed by atoms with Gasteiger partial charge in [-0.05, 0) is 24.6 Å². The molecule has 0 bridgehead atoms. The second kappa shape index (κ2) is 6.72. The summed E-state index contributed by atoms with van der Waals surface area (Å²) in [6.07, 6.45) is 7.01. The molecule has 134 valence electrons. The molecule has 26 heavy (non-hydrogen) atoms. The maximum absolute atomic E-state index is 13.0. The van der Waals surface area contributed by atoms with Crippen LogP contribution in [0.2, 0.25) is 0 Å². The highest BCUT2D eigenvalue weighted by Crippen LogP contribution is 2.23. The van der Waals surface area contributed by atoms with E-state index in [-0.39, 0.29) is 11.9 Å². The SMILES string of the molecule is Cc1oc(-c2cnn(C)c2)nc1C(=O)N1CCNC(c2ccncc2)C1. The van der Waals surface area contributed by atoms with Crippen molar-refractivity contribution >= 4 is 5.91 Å². The van der Waals surface area contributed by atoms with E-state index in [1.807, 2.05) is 30.3 Å². The van der Waals surface area contributed by atoms with Crippen molar-refractivity contribution in [2.45, 2.75) is 13.0 Å². The predicted molar refractivity (Wildman–Crippen MR) is 94.3 cm³/mol. The first-order valence-electron chi connectivity index (χ1n) is 8.51. The molecule has 4 rings (SSSR count). The van der Waals surface area contributed by atoms with E-state index in [2.05, 4.69) is 20.4 Å². The number of pyridine rings is 1. The maximum Gasteiger partial charge on any atom is 0.276 e. The Labute approximate surface area is 150 Å². The Balaban J connectivity index is 1.55. The Morgan fingerprint density at radius 1 is 1.35 bits per heavy atom. The number of piperazine rings is 1. The van der Waals surface area contributed by atoms with Gasteiger partial charge in [-0.25, -0.2) is 4.98 Å². The van der Waals surface area contributed by atoms with Crippen LogP contribution in [0.3, 0.4) is 0 Å². The fourth-order valence-electron chi connectivity index (χ4n) is 3.15. The molecule has 0 spiro atoms. The molecular weight excluding hydrogens is 332 g/mol. The van der Waals surface area contributed by atoms with Gasteiger partial charge in [-0.2, -0.15) is 5.10 Å². The van der Waals surface area contributed by atoms with Crippen LogP contribution < -0.4 is 5.32 Å². The molecule has 1 N–H and O–H groups in total. The molecular formula is C18H20N6O2. The lowest BCUT2D eigenvalue weighted by Crippen LogP contribution is -2.48. The van der Waals surface area contributed by atoms with Crippen LogP contribution in [-0.4, -0.2) is 50.2 Å². The van der Waals surface area contributed by atoms with Crippen molar-refractivity contribution in [3.05, 3.63) is 53.9 Å². The molecule has 0 radical (unpaired) electrons. The highest BCUT2D eigenvalue weighted by Gasteiger charge is 2.28. The first-order valence-corrected chi connectivity index (χ1v) is 8.51. The average Bonchev–Trinajstić information content (AvgIpc) is 3.27. The lowest BCUT2D eigenvalue weighted by Gasteiger charge is -2.33. The standard InChI is InChI=1S/C18H20N6O2/c1-12-16(22-17(26-12)14-9-21-23(2)10-14)18(25)24-8-7-20-15(11-24)13-3-5-19-6-4-13/h3-6,9-10,15,20H,7-8,11H2,1-2H3. The highest BCUT2D eigenvalue weighted by atomic mass is 16.4. The Hall–Kier alpha value is -3.00. The molecule has 1 fully saturated rings. The molecule has 1 aliphatic heterocycles. The number of hydrogen-bond donors (Lipinski definition) is 1. The lowest BCUT2D eigenvalue weighted by atomic mass is 10.1. The molecule has 8 nitrogen and oxygen atoms in total. The van der Waals surface area contributed by atoms with Gasteiger partial charge in [0.1, 0.15) is 5.76 Å². The summed E-state index contributed by atoms with van der Waals surface area (Å²) < 4.78 is 7.37. The minimum absolute atomic E-state index is 0.0840. The fourth-order valence-corrected chi connectivity index (χ4v) is 3.15. The van der Waals surface area contributed by atoms with E-state index in [1.165, 1.54) is 0 Å². The van der Waals surface area contributed by atoms with Crippen molar-refractivity contribution in [2.24, 2.45) is 7.05 Å². The Bertz CT molecular complexity index is 917. The molecule has 1 atom stereocenters. The van der Waals surface area contributed by atoms with Crippen LogP contribution in [0.1, 0.15) is 27.9 Å². The van der Waals surface area contributed by atoms with Gasteiger partial charge in [0.05, 0.1) is 17.8 Å². The van der Waals surface area contributed by atoms with Gasteiger partial charge in [0.15, 0.2) is 5.69 Å². The molecule has 0 saturated carbocycles. The van der Waals surface area contributed by atoms with Crippen LogP contribution in [0, 0.1) is 6.92 Å². The van der Waals surface area contributed by atoms with Gasteiger partial charge in [0.2, 0.25) is 5.89 Å². The van der Waals surface area contributed by atoms with E-state index in [1.54, 1.807) is 30.2 Å². The molecule has 0 aliphatic carbocycles. The Morgan fingerprint density at radius 2 is 2.15 bits per heavy atom.